The fourth-order valence-corrected chi connectivity index (χ4v) is 3.79. The Hall–Kier alpha value is -1.42. The van der Waals surface area contributed by atoms with Crippen molar-refractivity contribution in [3.63, 3.8) is 0 Å². The molecule has 1 amide bonds. The number of hydrogen-bond acceptors (Lipinski definition) is 3. The molecule has 1 aromatic carbocycles. The minimum absolute atomic E-state index is 0.0243. The van der Waals surface area contributed by atoms with Crippen LogP contribution in [0.4, 0.5) is 0 Å². The lowest BCUT2D eigenvalue weighted by Gasteiger charge is -2.38. The Balaban J connectivity index is 2.26. The molecular weight excluding hydrogens is 270 g/mol. The third kappa shape index (κ3) is 3.01. The average Bonchev–Trinajstić information content (AvgIpc) is 2.92. The zero-order valence-corrected chi connectivity index (χ0v) is 13.0. The van der Waals surface area contributed by atoms with Gasteiger partial charge >= 0.3 is 0 Å². The fourth-order valence-electron chi connectivity index (χ4n) is 2.69. The van der Waals surface area contributed by atoms with Gasteiger partial charge in [-0.25, -0.2) is 0 Å². The molecule has 2 unspecified atom stereocenters. The van der Waals surface area contributed by atoms with Gasteiger partial charge in [-0.2, -0.15) is 0 Å². The summed E-state index contributed by atoms with van der Waals surface area (Å²) in [5.74, 6) is 0.886. The molecule has 0 aromatic heterocycles. The number of thioether (sulfide) groups is 1. The summed E-state index contributed by atoms with van der Waals surface area (Å²) in [6.07, 6.45) is 4.88. The second kappa shape index (κ2) is 6.35. The predicted octanol–water partition coefficient (Wildman–Crippen LogP) is 3.10. The van der Waals surface area contributed by atoms with Gasteiger partial charge in [0.15, 0.2) is 0 Å². The van der Waals surface area contributed by atoms with Crippen LogP contribution in [0.15, 0.2) is 35.7 Å². The molecule has 2 rings (SSSR count). The molecule has 4 heteroatoms. The number of rotatable bonds is 6. The van der Waals surface area contributed by atoms with Crippen molar-refractivity contribution in [1.29, 1.82) is 0 Å². The molecule has 1 aliphatic heterocycles. The van der Waals surface area contributed by atoms with Crippen LogP contribution in [0.3, 0.4) is 0 Å². The molecule has 2 atom stereocenters. The monoisotopic (exact) mass is 291 g/mol. The highest BCUT2D eigenvalue weighted by Crippen LogP contribution is 2.42. The second-order valence-corrected chi connectivity index (χ2v) is 6.75. The van der Waals surface area contributed by atoms with E-state index in [1.54, 1.807) is 12.0 Å². The van der Waals surface area contributed by atoms with Crippen LogP contribution >= 0.6 is 11.8 Å². The van der Waals surface area contributed by atoms with Crippen LogP contribution in [0, 0.1) is 0 Å². The van der Waals surface area contributed by atoms with Crippen LogP contribution in [0.5, 0.6) is 5.75 Å². The van der Waals surface area contributed by atoms with E-state index in [0.717, 1.165) is 30.6 Å². The summed E-state index contributed by atoms with van der Waals surface area (Å²) in [6, 6.07) is 8.15. The molecular formula is C16H21NO2S. The number of methoxy groups -OCH3 is 1. The molecule has 0 N–H and O–H groups in total. The summed E-state index contributed by atoms with van der Waals surface area (Å²) in [5.41, 5.74) is 1.14. The fraction of sp³-hybridized carbons (Fsp3) is 0.438. The maximum Gasteiger partial charge on any atom is 0.209 e. The van der Waals surface area contributed by atoms with E-state index in [9.17, 15) is 4.79 Å². The van der Waals surface area contributed by atoms with Gasteiger partial charge < -0.3 is 9.64 Å². The van der Waals surface area contributed by atoms with Gasteiger partial charge in [0, 0.05) is 11.8 Å². The van der Waals surface area contributed by atoms with Crippen molar-refractivity contribution in [2.75, 3.05) is 14.2 Å². The van der Waals surface area contributed by atoms with Crippen molar-refractivity contribution < 1.29 is 9.53 Å². The van der Waals surface area contributed by atoms with Gasteiger partial charge in [-0.15, -0.1) is 11.8 Å². The standard InChI is InChI=1S/C16H21NO2S/c1-16(9-6-10-20-16)15(17(2)12-18)11-13-7-4-5-8-14(13)19-3/h4-8,10,12,15H,9,11H2,1-3H3. The quantitative estimate of drug-likeness (QED) is 0.754. The summed E-state index contributed by atoms with van der Waals surface area (Å²) in [7, 11) is 3.54. The lowest BCUT2D eigenvalue weighted by atomic mass is 9.90. The van der Waals surface area contributed by atoms with Gasteiger partial charge in [0.2, 0.25) is 6.41 Å². The van der Waals surface area contributed by atoms with Crippen LogP contribution in [-0.4, -0.2) is 36.3 Å². The molecule has 0 saturated carbocycles. The highest BCUT2D eigenvalue weighted by atomic mass is 32.2. The van der Waals surface area contributed by atoms with E-state index in [1.807, 2.05) is 37.0 Å². The van der Waals surface area contributed by atoms with E-state index in [4.69, 9.17) is 4.74 Å². The van der Waals surface area contributed by atoms with E-state index in [2.05, 4.69) is 24.5 Å². The molecule has 0 bridgehead atoms. The number of carbonyl (C=O) groups is 1. The Morgan fingerprint density at radius 2 is 2.25 bits per heavy atom. The Bertz CT molecular complexity index is 493. The molecule has 0 spiro atoms. The molecule has 0 radical (unpaired) electrons. The third-order valence-electron chi connectivity index (χ3n) is 3.93. The van der Waals surface area contributed by atoms with Gasteiger partial charge in [-0.05, 0) is 36.8 Å². The molecule has 1 aliphatic rings. The number of allylic oxidation sites excluding steroid dienone is 1. The highest BCUT2D eigenvalue weighted by Gasteiger charge is 2.38. The molecule has 3 nitrogen and oxygen atoms in total. The van der Waals surface area contributed by atoms with Crippen molar-refractivity contribution in [2.24, 2.45) is 0 Å². The predicted molar refractivity (Wildman–Crippen MR) is 84.1 cm³/mol. The molecule has 20 heavy (non-hydrogen) atoms. The van der Waals surface area contributed by atoms with Gasteiger partial charge in [-0.1, -0.05) is 24.3 Å². The number of hydrogen-bond donors (Lipinski definition) is 0. The Kier molecular flexibility index (Phi) is 4.76. The van der Waals surface area contributed by atoms with Crippen LogP contribution in [0.25, 0.3) is 0 Å². The first kappa shape index (κ1) is 15.0. The molecule has 1 heterocycles. The van der Waals surface area contributed by atoms with Crippen LogP contribution in [0.1, 0.15) is 18.9 Å². The van der Waals surface area contributed by atoms with Gasteiger partial charge in [0.25, 0.3) is 0 Å². The number of para-hydroxylation sites is 1. The van der Waals surface area contributed by atoms with E-state index in [0.29, 0.717) is 0 Å². The van der Waals surface area contributed by atoms with E-state index < -0.39 is 0 Å². The number of ether oxygens (including phenoxy) is 1. The minimum Gasteiger partial charge on any atom is -0.496 e. The first-order chi connectivity index (χ1) is 9.60. The summed E-state index contributed by atoms with van der Waals surface area (Å²) in [4.78, 5) is 13.0. The molecule has 0 fully saturated rings. The Labute approximate surface area is 125 Å². The number of benzene rings is 1. The number of nitrogens with zero attached hydrogens (tertiary/aromatic N) is 1. The van der Waals surface area contributed by atoms with E-state index in [-0.39, 0.29) is 10.8 Å². The molecule has 108 valence electrons. The number of carbonyl (C=O) groups excluding carboxylic acids is 1. The lowest BCUT2D eigenvalue weighted by molar-refractivity contribution is -0.119. The molecule has 1 aromatic rings. The van der Waals surface area contributed by atoms with Gasteiger partial charge in [-0.3, -0.25) is 4.79 Å². The van der Waals surface area contributed by atoms with Crippen LogP contribution in [0.2, 0.25) is 0 Å². The Morgan fingerprint density at radius 1 is 1.50 bits per heavy atom. The number of amides is 1. The topological polar surface area (TPSA) is 29.5 Å². The van der Waals surface area contributed by atoms with Crippen molar-refractivity contribution >= 4 is 18.2 Å². The van der Waals surface area contributed by atoms with E-state index >= 15 is 0 Å². The van der Waals surface area contributed by atoms with Gasteiger partial charge in [0.05, 0.1) is 13.2 Å². The minimum atomic E-state index is 0.0243. The maximum atomic E-state index is 11.3. The van der Waals surface area contributed by atoms with E-state index in [1.165, 1.54) is 0 Å². The van der Waals surface area contributed by atoms with Crippen LogP contribution in [-0.2, 0) is 11.2 Å². The summed E-state index contributed by atoms with van der Waals surface area (Å²) in [5, 5.41) is 2.13. The third-order valence-corrected chi connectivity index (χ3v) is 5.23. The van der Waals surface area contributed by atoms with Crippen molar-refractivity contribution in [3.05, 3.63) is 41.3 Å². The van der Waals surface area contributed by atoms with Crippen molar-refractivity contribution in [2.45, 2.75) is 30.6 Å². The largest absolute Gasteiger partial charge is 0.496 e. The summed E-state index contributed by atoms with van der Waals surface area (Å²) >= 11 is 1.81. The van der Waals surface area contributed by atoms with Crippen LogP contribution < -0.4 is 4.74 Å². The average molecular weight is 291 g/mol. The van der Waals surface area contributed by atoms with Gasteiger partial charge in [0.1, 0.15) is 5.75 Å². The first-order valence-corrected chi connectivity index (χ1v) is 7.60. The summed E-state index contributed by atoms with van der Waals surface area (Å²) in [6.45, 7) is 2.22. The lowest BCUT2D eigenvalue weighted by Crippen LogP contribution is -2.47. The second-order valence-electron chi connectivity index (χ2n) is 5.31. The zero-order chi connectivity index (χ0) is 14.6. The summed E-state index contributed by atoms with van der Waals surface area (Å²) < 4.78 is 5.45. The SMILES string of the molecule is COc1ccccc1CC(N(C)C=O)C1(C)CC=CS1. The molecule has 0 aliphatic carbocycles. The normalized spacial score (nSPS) is 22.6. The Morgan fingerprint density at radius 3 is 2.85 bits per heavy atom. The molecule has 0 saturated heterocycles. The smallest absolute Gasteiger partial charge is 0.209 e. The number of likely N-dealkylation sites (N-methyl/N-ethyl adjacent to an activating group) is 1. The van der Waals surface area contributed by atoms with Crippen molar-refractivity contribution in [1.82, 2.24) is 4.90 Å². The first-order valence-electron chi connectivity index (χ1n) is 6.72. The van der Waals surface area contributed by atoms with Crippen molar-refractivity contribution in [3.8, 4) is 5.75 Å². The maximum absolute atomic E-state index is 11.3. The highest BCUT2D eigenvalue weighted by molar-refractivity contribution is 8.03. The zero-order valence-electron chi connectivity index (χ0n) is 12.2.